The highest BCUT2D eigenvalue weighted by Gasteiger charge is 2.54. The minimum atomic E-state index is 0.898. The molecular formula is C12H22N2. The van der Waals surface area contributed by atoms with Gasteiger partial charge in [0, 0.05) is 19.6 Å². The van der Waals surface area contributed by atoms with Gasteiger partial charge < -0.3 is 10.6 Å². The third kappa shape index (κ3) is 1.49. The molecule has 0 aromatic carbocycles. The second kappa shape index (κ2) is 3.49. The van der Waals surface area contributed by atoms with Gasteiger partial charge in [0.25, 0.3) is 0 Å². The number of fused-ring (bicyclic) bond motifs is 1. The summed E-state index contributed by atoms with van der Waals surface area (Å²) in [6, 6.07) is 0. The Labute approximate surface area is 86.8 Å². The van der Waals surface area contributed by atoms with Crippen molar-refractivity contribution in [1.82, 2.24) is 4.90 Å². The maximum Gasteiger partial charge on any atom is 0.00164 e. The monoisotopic (exact) mass is 194 g/mol. The summed E-state index contributed by atoms with van der Waals surface area (Å²) in [7, 11) is 0. The lowest BCUT2D eigenvalue weighted by molar-refractivity contribution is 0.243. The van der Waals surface area contributed by atoms with Crippen LogP contribution in [0.15, 0.2) is 0 Å². The van der Waals surface area contributed by atoms with E-state index in [0.29, 0.717) is 0 Å². The van der Waals surface area contributed by atoms with Crippen LogP contribution >= 0.6 is 0 Å². The summed E-state index contributed by atoms with van der Waals surface area (Å²) in [6.07, 6.45) is 5.95. The van der Waals surface area contributed by atoms with Gasteiger partial charge in [-0.15, -0.1) is 0 Å². The molecule has 0 bridgehead atoms. The van der Waals surface area contributed by atoms with Gasteiger partial charge in [-0.05, 0) is 43.1 Å². The maximum atomic E-state index is 5.71. The first-order chi connectivity index (χ1) is 6.88. The predicted octanol–water partition coefficient (Wildman–Crippen LogP) is 1.31. The average molecular weight is 194 g/mol. The van der Waals surface area contributed by atoms with E-state index in [1.54, 1.807) is 0 Å². The van der Waals surface area contributed by atoms with Gasteiger partial charge in [0.15, 0.2) is 0 Å². The van der Waals surface area contributed by atoms with E-state index >= 15 is 0 Å². The fourth-order valence-corrected chi connectivity index (χ4v) is 3.79. The van der Waals surface area contributed by atoms with Crippen molar-refractivity contribution >= 4 is 0 Å². The maximum absolute atomic E-state index is 5.71. The zero-order valence-electron chi connectivity index (χ0n) is 8.99. The molecule has 0 aromatic rings. The van der Waals surface area contributed by atoms with Gasteiger partial charge in [0.05, 0.1) is 0 Å². The predicted molar refractivity (Wildman–Crippen MR) is 57.9 cm³/mol. The summed E-state index contributed by atoms with van der Waals surface area (Å²) in [4.78, 5) is 2.71. The zero-order valence-corrected chi connectivity index (χ0v) is 8.99. The van der Waals surface area contributed by atoms with Crippen LogP contribution in [-0.4, -0.2) is 31.1 Å². The Morgan fingerprint density at radius 1 is 1.07 bits per heavy atom. The molecule has 80 valence electrons. The van der Waals surface area contributed by atoms with Gasteiger partial charge in [-0.25, -0.2) is 0 Å². The van der Waals surface area contributed by atoms with Crippen molar-refractivity contribution in [3.05, 3.63) is 0 Å². The molecule has 2 N–H and O–H groups in total. The molecule has 0 aromatic heterocycles. The van der Waals surface area contributed by atoms with Gasteiger partial charge in [-0.1, -0.05) is 12.8 Å². The van der Waals surface area contributed by atoms with Crippen LogP contribution in [0.3, 0.4) is 0 Å². The molecule has 2 heteroatoms. The molecule has 2 aliphatic carbocycles. The molecule has 3 aliphatic rings. The standard InChI is InChI=1S/C12H22N2/c13-5-10-11-7-14(8-12(10)11)6-9-3-1-2-4-9/h9-12H,1-8,13H2/t10?,11-,12+. The molecule has 2 nitrogen and oxygen atoms in total. The van der Waals surface area contributed by atoms with E-state index in [4.69, 9.17) is 5.73 Å². The first-order valence-electron chi connectivity index (χ1n) is 6.31. The summed E-state index contributed by atoms with van der Waals surface area (Å²) in [5, 5.41) is 0. The van der Waals surface area contributed by atoms with Crippen LogP contribution < -0.4 is 5.73 Å². The van der Waals surface area contributed by atoms with Crippen molar-refractivity contribution in [2.45, 2.75) is 25.7 Å². The third-order valence-corrected chi connectivity index (χ3v) is 4.71. The van der Waals surface area contributed by atoms with Gasteiger partial charge in [0.2, 0.25) is 0 Å². The molecule has 0 amide bonds. The van der Waals surface area contributed by atoms with E-state index in [0.717, 1.165) is 30.2 Å². The first-order valence-corrected chi connectivity index (χ1v) is 6.31. The number of hydrogen-bond acceptors (Lipinski definition) is 2. The molecule has 2 saturated carbocycles. The Morgan fingerprint density at radius 3 is 2.29 bits per heavy atom. The van der Waals surface area contributed by atoms with Gasteiger partial charge >= 0.3 is 0 Å². The molecule has 3 atom stereocenters. The molecule has 1 aliphatic heterocycles. The summed E-state index contributed by atoms with van der Waals surface area (Å²) in [5.74, 6) is 3.90. The van der Waals surface area contributed by atoms with E-state index in [1.807, 2.05) is 0 Å². The molecule has 1 unspecified atom stereocenters. The highest BCUT2D eigenvalue weighted by atomic mass is 15.2. The van der Waals surface area contributed by atoms with Crippen molar-refractivity contribution in [2.24, 2.45) is 29.4 Å². The Balaban J connectivity index is 1.45. The molecule has 1 saturated heterocycles. The topological polar surface area (TPSA) is 29.3 Å². The highest BCUT2D eigenvalue weighted by Crippen LogP contribution is 2.51. The Kier molecular flexibility index (Phi) is 2.29. The second-order valence-electron chi connectivity index (χ2n) is 5.60. The minimum absolute atomic E-state index is 0.898. The number of piperidine rings is 1. The first kappa shape index (κ1) is 9.17. The Morgan fingerprint density at radius 2 is 1.71 bits per heavy atom. The third-order valence-electron chi connectivity index (χ3n) is 4.71. The molecule has 14 heavy (non-hydrogen) atoms. The molecule has 3 fully saturated rings. The van der Waals surface area contributed by atoms with Crippen LogP contribution in [-0.2, 0) is 0 Å². The minimum Gasteiger partial charge on any atom is -0.330 e. The van der Waals surface area contributed by atoms with Gasteiger partial charge in [-0.2, -0.15) is 0 Å². The average Bonchev–Trinajstić information content (AvgIpc) is 2.63. The van der Waals surface area contributed by atoms with Crippen LogP contribution in [0, 0.1) is 23.7 Å². The van der Waals surface area contributed by atoms with E-state index < -0.39 is 0 Å². The van der Waals surface area contributed by atoms with Crippen LogP contribution in [0.1, 0.15) is 25.7 Å². The van der Waals surface area contributed by atoms with E-state index in [-0.39, 0.29) is 0 Å². The summed E-state index contributed by atoms with van der Waals surface area (Å²) >= 11 is 0. The quantitative estimate of drug-likeness (QED) is 0.734. The van der Waals surface area contributed by atoms with Crippen LogP contribution in [0.25, 0.3) is 0 Å². The molecule has 1 heterocycles. The summed E-state index contributed by atoms with van der Waals surface area (Å²) in [5.41, 5.74) is 5.71. The van der Waals surface area contributed by atoms with E-state index in [1.165, 1.54) is 45.3 Å². The Hall–Kier alpha value is -0.0800. The molecule has 0 spiro atoms. The van der Waals surface area contributed by atoms with Gasteiger partial charge in [0.1, 0.15) is 0 Å². The fraction of sp³-hybridized carbons (Fsp3) is 1.00. The molecule has 0 radical (unpaired) electrons. The number of hydrogen-bond donors (Lipinski definition) is 1. The zero-order chi connectivity index (χ0) is 9.54. The summed E-state index contributed by atoms with van der Waals surface area (Å²) in [6.45, 7) is 5.06. The fourth-order valence-electron chi connectivity index (χ4n) is 3.79. The number of nitrogens with zero attached hydrogens (tertiary/aromatic N) is 1. The van der Waals surface area contributed by atoms with Crippen molar-refractivity contribution in [3.8, 4) is 0 Å². The number of nitrogens with two attached hydrogens (primary N) is 1. The lowest BCUT2D eigenvalue weighted by Crippen LogP contribution is -2.30. The molecular weight excluding hydrogens is 172 g/mol. The summed E-state index contributed by atoms with van der Waals surface area (Å²) < 4.78 is 0. The number of likely N-dealkylation sites (tertiary alicyclic amines) is 1. The normalized spacial score (nSPS) is 43.1. The van der Waals surface area contributed by atoms with Crippen molar-refractivity contribution < 1.29 is 0 Å². The lowest BCUT2D eigenvalue weighted by Gasteiger charge is -2.22. The van der Waals surface area contributed by atoms with E-state index in [9.17, 15) is 0 Å². The van der Waals surface area contributed by atoms with Crippen molar-refractivity contribution in [1.29, 1.82) is 0 Å². The van der Waals surface area contributed by atoms with Gasteiger partial charge in [-0.3, -0.25) is 0 Å². The molecule has 3 rings (SSSR count). The van der Waals surface area contributed by atoms with E-state index in [2.05, 4.69) is 4.90 Å². The highest BCUT2D eigenvalue weighted by molar-refractivity contribution is 5.05. The van der Waals surface area contributed by atoms with Crippen LogP contribution in [0.2, 0.25) is 0 Å². The second-order valence-corrected chi connectivity index (χ2v) is 5.60. The lowest BCUT2D eigenvalue weighted by atomic mass is 10.1. The number of rotatable bonds is 3. The Bertz CT molecular complexity index is 198. The largest absolute Gasteiger partial charge is 0.330 e. The van der Waals surface area contributed by atoms with Crippen molar-refractivity contribution in [2.75, 3.05) is 26.2 Å². The van der Waals surface area contributed by atoms with Crippen molar-refractivity contribution in [3.63, 3.8) is 0 Å². The van der Waals surface area contributed by atoms with Crippen LogP contribution in [0.5, 0.6) is 0 Å². The smallest absolute Gasteiger partial charge is 0.00164 e. The SMILES string of the molecule is NCC1[C@H]2CN(CC3CCCC3)C[C@@H]12. The van der Waals surface area contributed by atoms with Crippen LogP contribution in [0.4, 0.5) is 0 Å².